The Morgan fingerprint density at radius 2 is 2.24 bits per heavy atom. The van der Waals surface area contributed by atoms with Gasteiger partial charge in [-0.3, -0.25) is 4.79 Å². The number of carbonyl (C=O) groups excluding carboxylic acids is 1. The van der Waals surface area contributed by atoms with Crippen molar-refractivity contribution in [1.29, 1.82) is 0 Å². The summed E-state index contributed by atoms with van der Waals surface area (Å²) < 4.78 is 0.894. The molecule has 1 unspecified atom stereocenters. The van der Waals surface area contributed by atoms with Gasteiger partial charge in [0.25, 0.3) is 5.91 Å². The molecule has 1 aliphatic rings. The normalized spacial score (nSPS) is 20.4. The molecule has 17 heavy (non-hydrogen) atoms. The molecule has 0 aliphatic carbocycles. The summed E-state index contributed by atoms with van der Waals surface area (Å²) in [6.07, 6.45) is 3.38. The smallest absolute Gasteiger partial charge is 0.255 e. The van der Waals surface area contributed by atoms with Gasteiger partial charge in [0.2, 0.25) is 0 Å². The highest BCUT2D eigenvalue weighted by Crippen LogP contribution is 2.25. The zero-order chi connectivity index (χ0) is 12.4. The van der Waals surface area contributed by atoms with Crippen molar-refractivity contribution in [2.45, 2.75) is 32.2 Å². The Morgan fingerprint density at radius 3 is 2.88 bits per heavy atom. The van der Waals surface area contributed by atoms with Crippen molar-refractivity contribution in [3.63, 3.8) is 0 Å². The maximum atomic E-state index is 12.4. The molecule has 0 saturated carbocycles. The highest BCUT2D eigenvalue weighted by molar-refractivity contribution is 9.10. The summed E-state index contributed by atoms with van der Waals surface area (Å²) in [7, 11) is 0. The molecular formula is C13H15BrClNO. The van der Waals surface area contributed by atoms with E-state index in [9.17, 15) is 4.79 Å². The van der Waals surface area contributed by atoms with E-state index in [1.165, 1.54) is 6.42 Å². The first kappa shape index (κ1) is 12.9. The third-order valence-corrected chi connectivity index (χ3v) is 4.03. The van der Waals surface area contributed by atoms with Crippen LogP contribution >= 0.6 is 27.5 Å². The van der Waals surface area contributed by atoms with E-state index < -0.39 is 0 Å². The van der Waals surface area contributed by atoms with Crippen LogP contribution < -0.4 is 0 Å². The Morgan fingerprint density at radius 1 is 1.47 bits per heavy atom. The standard InChI is InChI=1S/C13H15BrClNO/c1-9-4-2-3-7-16(9)13(17)11-6-5-10(14)8-12(11)15/h5-6,8-9H,2-4,7H2,1H3. The summed E-state index contributed by atoms with van der Waals surface area (Å²) in [5.74, 6) is 0.0506. The Bertz CT molecular complexity index is 435. The van der Waals surface area contributed by atoms with Crippen molar-refractivity contribution in [1.82, 2.24) is 4.90 Å². The van der Waals surface area contributed by atoms with E-state index in [0.717, 1.165) is 23.9 Å². The predicted octanol–water partition coefficient (Wildman–Crippen LogP) is 4.12. The van der Waals surface area contributed by atoms with Crippen molar-refractivity contribution < 1.29 is 4.79 Å². The SMILES string of the molecule is CC1CCCCN1C(=O)c1ccc(Br)cc1Cl. The molecule has 1 aromatic rings. The van der Waals surface area contributed by atoms with Gasteiger partial charge in [-0.05, 0) is 44.4 Å². The van der Waals surface area contributed by atoms with Gasteiger partial charge in [-0.15, -0.1) is 0 Å². The highest BCUT2D eigenvalue weighted by atomic mass is 79.9. The van der Waals surface area contributed by atoms with Gasteiger partial charge in [0.1, 0.15) is 0 Å². The van der Waals surface area contributed by atoms with Crippen molar-refractivity contribution in [2.24, 2.45) is 0 Å². The summed E-state index contributed by atoms with van der Waals surface area (Å²) in [5, 5.41) is 0.516. The lowest BCUT2D eigenvalue weighted by molar-refractivity contribution is 0.0636. The molecule has 0 N–H and O–H groups in total. The summed E-state index contributed by atoms with van der Waals surface area (Å²) >= 11 is 9.46. The van der Waals surface area contributed by atoms with Crippen LogP contribution in [0.4, 0.5) is 0 Å². The van der Waals surface area contributed by atoms with Gasteiger partial charge in [-0.2, -0.15) is 0 Å². The molecule has 0 aromatic heterocycles. The van der Waals surface area contributed by atoms with Gasteiger partial charge in [0.05, 0.1) is 10.6 Å². The number of hydrogen-bond donors (Lipinski definition) is 0. The van der Waals surface area contributed by atoms with Gasteiger partial charge in [-0.1, -0.05) is 27.5 Å². The third-order valence-electron chi connectivity index (χ3n) is 3.23. The fourth-order valence-electron chi connectivity index (χ4n) is 2.22. The van der Waals surface area contributed by atoms with E-state index in [4.69, 9.17) is 11.6 Å². The van der Waals surface area contributed by atoms with E-state index >= 15 is 0 Å². The maximum absolute atomic E-state index is 12.4. The molecule has 2 nitrogen and oxygen atoms in total. The molecule has 1 fully saturated rings. The molecule has 1 amide bonds. The van der Waals surface area contributed by atoms with Crippen molar-refractivity contribution in [2.75, 3.05) is 6.54 Å². The molecule has 1 saturated heterocycles. The lowest BCUT2D eigenvalue weighted by Gasteiger charge is -2.33. The second-order valence-electron chi connectivity index (χ2n) is 4.47. The van der Waals surface area contributed by atoms with Crippen LogP contribution in [0.1, 0.15) is 36.5 Å². The topological polar surface area (TPSA) is 20.3 Å². The summed E-state index contributed by atoms with van der Waals surface area (Å²) in [6.45, 7) is 2.94. The highest BCUT2D eigenvalue weighted by Gasteiger charge is 2.25. The monoisotopic (exact) mass is 315 g/mol. The number of amides is 1. The molecule has 1 aromatic carbocycles. The molecule has 2 rings (SSSR count). The number of likely N-dealkylation sites (tertiary alicyclic amines) is 1. The number of nitrogens with zero attached hydrogens (tertiary/aromatic N) is 1. The summed E-state index contributed by atoms with van der Waals surface area (Å²) in [6, 6.07) is 5.73. The first-order valence-electron chi connectivity index (χ1n) is 5.85. The quantitative estimate of drug-likeness (QED) is 0.763. The second-order valence-corrected chi connectivity index (χ2v) is 5.79. The van der Waals surface area contributed by atoms with Crippen LogP contribution in [0.5, 0.6) is 0 Å². The Balaban J connectivity index is 2.24. The minimum atomic E-state index is 0.0506. The lowest BCUT2D eigenvalue weighted by Crippen LogP contribution is -2.42. The Kier molecular flexibility index (Phi) is 4.10. The average Bonchev–Trinajstić information content (AvgIpc) is 2.29. The maximum Gasteiger partial charge on any atom is 0.255 e. The van der Waals surface area contributed by atoms with Crippen LogP contribution in [0.25, 0.3) is 0 Å². The minimum absolute atomic E-state index is 0.0506. The molecule has 4 heteroatoms. The van der Waals surface area contributed by atoms with Crippen LogP contribution in [0, 0.1) is 0 Å². The average molecular weight is 317 g/mol. The van der Waals surface area contributed by atoms with Crippen LogP contribution in [0.15, 0.2) is 22.7 Å². The number of carbonyl (C=O) groups is 1. The number of hydrogen-bond acceptors (Lipinski definition) is 1. The molecule has 0 spiro atoms. The first-order valence-corrected chi connectivity index (χ1v) is 7.02. The van der Waals surface area contributed by atoms with E-state index in [0.29, 0.717) is 16.6 Å². The van der Waals surface area contributed by atoms with Gasteiger partial charge in [0.15, 0.2) is 0 Å². The lowest BCUT2D eigenvalue weighted by atomic mass is 10.0. The Labute approximate surface area is 115 Å². The fourth-order valence-corrected chi connectivity index (χ4v) is 2.97. The van der Waals surface area contributed by atoms with Crippen molar-refractivity contribution in [3.8, 4) is 0 Å². The van der Waals surface area contributed by atoms with Gasteiger partial charge < -0.3 is 4.90 Å². The van der Waals surface area contributed by atoms with E-state index in [1.807, 2.05) is 11.0 Å². The van der Waals surface area contributed by atoms with Crippen molar-refractivity contribution in [3.05, 3.63) is 33.3 Å². The zero-order valence-electron chi connectivity index (χ0n) is 9.75. The Hall–Kier alpha value is -0.540. The van der Waals surface area contributed by atoms with Crippen molar-refractivity contribution >= 4 is 33.4 Å². The molecular weight excluding hydrogens is 302 g/mol. The van der Waals surface area contributed by atoms with E-state index in [-0.39, 0.29) is 5.91 Å². The minimum Gasteiger partial charge on any atom is -0.336 e. The summed E-state index contributed by atoms with van der Waals surface area (Å²) in [4.78, 5) is 14.3. The van der Waals surface area contributed by atoms with Crippen LogP contribution in [-0.4, -0.2) is 23.4 Å². The van der Waals surface area contributed by atoms with Gasteiger partial charge in [0, 0.05) is 17.1 Å². The first-order chi connectivity index (χ1) is 8.09. The predicted molar refractivity (Wildman–Crippen MR) is 73.5 cm³/mol. The molecule has 92 valence electrons. The molecule has 0 bridgehead atoms. The third kappa shape index (κ3) is 2.83. The van der Waals surface area contributed by atoms with Gasteiger partial charge >= 0.3 is 0 Å². The van der Waals surface area contributed by atoms with Crippen LogP contribution in [0.3, 0.4) is 0 Å². The number of halogens is 2. The molecule has 1 aliphatic heterocycles. The molecule has 1 heterocycles. The largest absolute Gasteiger partial charge is 0.336 e. The number of piperidine rings is 1. The van der Waals surface area contributed by atoms with E-state index in [2.05, 4.69) is 22.9 Å². The number of benzene rings is 1. The summed E-state index contributed by atoms with van der Waals surface area (Å²) in [5.41, 5.74) is 0.601. The fraction of sp³-hybridized carbons (Fsp3) is 0.462. The molecule has 0 radical (unpaired) electrons. The van der Waals surface area contributed by atoms with Crippen LogP contribution in [0.2, 0.25) is 5.02 Å². The number of rotatable bonds is 1. The molecule has 1 atom stereocenters. The van der Waals surface area contributed by atoms with E-state index in [1.54, 1.807) is 12.1 Å². The zero-order valence-corrected chi connectivity index (χ0v) is 12.1. The van der Waals surface area contributed by atoms with Gasteiger partial charge in [-0.25, -0.2) is 0 Å². The van der Waals surface area contributed by atoms with Crippen LogP contribution in [-0.2, 0) is 0 Å². The second kappa shape index (κ2) is 5.40.